The third-order valence-corrected chi connectivity index (χ3v) is 11.6. The monoisotopic (exact) mass is 897 g/mol. The fraction of sp³-hybridized carbons (Fsp3) is 0.735. The van der Waals surface area contributed by atoms with Gasteiger partial charge in [-0.15, -0.1) is 0 Å². The lowest BCUT2D eigenvalue weighted by molar-refractivity contribution is -0.220. The summed E-state index contributed by atoms with van der Waals surface area (Å²) < 4.78 is 34.1. The van der Waals surface area contributed by atoms with E-state index in [4.69, 9.17) is 18.5 Å². The minimum absolute atomic E-state index is 0.0609. The van der Waals surface area contributed by atoms with E-state index in [9.17, 15) is 39.8 Å². The van der Waals surface area contributed by atoms with Crippen LogP contribution in [0.4, 0.5) is 0 Å². The second-order valence-corrected chi connectivity index (χ2v) is 17.6. The van der Waals surface area contributed by atoms with Gasteiger partial charge in [-0.25, -0.2) is 4.57 Å². The van der Waals surface area contributed by atoms with Gasteiger partial charge in [0, 0.05) is 13.0 Å². The largest absolute Gasteiger partial charge is 0.472 e. The van der Waals surface area contributed by atoms with Crippen molar-refractivity contribution in [2.45, 2.75) is 211 Å². The lowest BCUT2D eigenvalue weighted by Gasteiger charge is -2.41. The zero-order valence-corrected chi connectivity index (χ0v) is 39.0. The van der Waals surface area contributed by atoms with Crippen LogP contribution in [-0.4, -0.2) is 98.9 Å². The molecule has 0 spiro atoms. The summed E-state index contributed by atoms with van der Waals surface area (Å²) in [5.41, 5.74) is 0. The molecule has 0 aromatic rings. The molecule has 12 nitrogen and oxygen atoms in total. The highest BCUT2D eigenvalue weighted by Gasteiger charge is 2.51. The van der Waals surface area contributed by atoms with Crippen molar-refractivity contribution < 1.29 is 58.3 Å². The van der Waals surface area contributed by atoms with Crippen molar-refractivity contribution in [3.8, 4) is 0 Å². The molecule has 0 bridgehead atoms. The molecular weight excluding hydrogens is 812 g/mol. The van der Waals surface area contributed by atoms with Crippen molar-refractivity contribution in [2.24, 2.45) is 0 Å². The van der Waals surface area contributed by atoms with Crippen LogP contribution in [0.5, 0.6) is 0 Å². The average Bonchev–Trinajstić information content (AvgIpc) is 3.26. The van der Waals surface area contributed by atoms with E-state index >= 15 is 0 Å². The molecule has 0 amide bonds. The van der Waals surface area contributed by atoms with Crippen molar-refractivity contribution in [1.29, 1.82) is 0 Å². The van der Waals surface area contributed by atoms with Crippen LogP contribution in [0.3, 0.4) is 0 Å². The molecule has 1 saturated carbocycles. The van der Waals surface area contributed by atoms with E-state index in [1.165, 1.54) is 77.0 Å². The van der Waals surface area contributed by atoms with Crippen molar-refractivity contribution in [3.63, 3.8) is 0 Å². The summed E-state index contributed by atoms with van der Waals surface area (Å²) in [4.78, 5) is 23.1. The van der Waals surface area contributed by atoms with Gasteiger partial charge in [-0.2, -0.15) is 0 Å². The van der Waals surface area contributed by atoms with Crippen LogP contribution in [0.2, 0.25) is 0 Å². The third kappa shape index (κ3) is 30.8. The number of unbranched alkanes of at least 4 members (excludes halogenated alkanes) is 15. The molecule has 0 saturated heterocycles. The smallest absolute Gasteiger partial charge is 0.457 e. The van der Waals surface area contributed by atoms with Gasteiger partial charge in [0.2, 0.25) is 0 Å². The molecule has 0 aromatic carbocycles. The highest BCUT2D eigenvalue weighted by Crippen LogP contribution is 2.47. The predicted octanol–water partition coefficient (Wildman–Crippen LogP) is 9.97. The van der Waals surface area contributed by atoms with E-state index < -0.39 is 63.1 Å². The Morgan fingerprint density at radius 1 is 0.532 bits per heavy atom. The topological polar surface area (TPSA) is 192 Å². The maximum Gasteiger partial charge on any atom is 0.472 e. The summed E-state index contributed by atoms with van der Waals surface area (Å²) in [6.45, 7) is 4.03. The van der Waals surface area contributed by atoms with Crippen LogP contribution in [0.1, 0.15) is 168 Å². The summed E-state index contributed by atoms with van der Waals surface area (Å²) in [7, 11) is -5.04. The summed E-state index contributed by atoms with van der Waals surface area (Å²) >= 11 is 0. The minimum Gasteiger partial charge on any atom is -0.457 e. The molecule has 1 rings (SSSR count). The summed E-state index contributed by atoms with van der Waals surface area (Å²) in [5.74, 6) is -0.560. The molecule has 6 N–H and O–H groups in total. The number of allylic oxidation sites excluding steroid dienone is 12. The second-order valence-electron chi connectivity index (χ2n) is 16.2. The molecule has 0 aromatic heterocycles. The highest BCUT2D eigenvalue weighted by atomic mass is 31.2. The molecule has 0 heterocycles. The van der Waals surface area contributed by atoms with Crippen molar-refractivity contribution in [2.75, 3.05) is 19.8 Å². The van der Waals surface area contributed by atoms with E-state index in [-0.39, 0.29) is 13.0 Å². The number of phosphoric acid groups is 1. The number of aliphatic hydroxyl groups is 5. The van der Waals surface area contributed by atoms with E-state index in [0.29, 0.717) is 13.0 Å². The molecule has 6 atom stereocenters. The third-order valence-electron chi connectivity index (χ3n) is 10.6. The number of carbonyl (C=O) groups is 1. The van der Waals surface area contributed by atoms with Gasteiger partial charge in [-0.1, -0.05) is 164 Å². The van der Waals surface area contributed by atoms with Gasteiger partial charge in [-0.05, 0) is 70.6 Å². The van der Waals surface area contributed by atoms with Crippen molar-refractivity contribution in [1.82, 2.24) is 0 Å². The van der Waals surface area contributed by atoms with E-state index in [0.717, 1.165) is 64.2 Å². The van der Waals surface area contributed by atoms with Crippen LogP contribution in [0, 0.1) is 0 Å². The Balaban J connectivity index is 2.38. The Labute approximate surface area is 374 Å². The minimum atomic E-state index is -5.04. The molecule has 1 aliphatic carbocycles. The summed E-state index contributed by atoms with van der Waals surface area (Å²) in [5, 5.41) is 50.2. The SMILES string of the molecule is CC/C=C\C/C=C\C/C=C\C/C=C\CCC(=O)OC(COCCCCCCCCCCCC/C=C\C/C=C\CCCCCCC)COP(=O)(O)OC1C(O)C(O)C(O)C(O)C1O. The fourth-order valence-corrected chi connectivity index (χ4v) is 7.78. The van der Waals surface area contributed by atoms with Crippen LogP contribution in [0.25, 0.3) is 0 Å². The Kier molecular flexibility index (Phi) is 36.5. The number of ether oxygens (including phenoxy) is 2. The lowest BCUT2D eigenvalue weighted by atomic mass is 9.85. The molecule has 0 aliphatic heterocycles. The second kappa shape index (κ2) is 39.2. The Morgan fingerprint density at radius 2 is 0.952 bits per heavy atom. The zero-order valence-electron chi connectivity index (χ0n) is 38.1. The molecule has 0 radical (unpaired) electrons. The van der Waals surface area contributed by atoms with Gasteiger partial charge in [0.15, 0.2) is 0 Å². The first-order valence-electron chi connectivity index (χ1n) is 23.8. The van der Waals surface area contributed by atoms with Crippen LogP contribution >= 0.6 is 7.82 Å². The predicted molar refractivity (Wildman–Crippen MR) is 248 cm³/mol. The molecular formula is C49H85O12P. The molecule has 62 heavy (non-hydrogen) atoms. The molecule has 1 fully saturated rings. The van der Waals surface area contributed by atoms with E-state index in [1.54, 1.807) is 0 Å². The number of rotatable bonds is 39. The standard InChI is InChI=1S/C49H85O12P/c1-3-5-7-9-11-13-15-17-18-19-20-21-22-23-24-25-27-29-31-33-35-37-39-58-40-42(41-59-62(56,57)61-49-47(54)45(52)44(51)46(53)48(49)55)60-43(50)38-36-34-32-30-28-26-16-14-12-10-8-6-4-2/h6,8,12,14-15,17,19-20,26,28,32,34,42,44-49,51-55H,3-5,7,9-11,13,16,18,21-25,27,29-31,33,35-41H2,1-2H3,(H,56,57)/b8-6-,14-12-,17-15-,20-19-,28-26-,34-32-. The number of hydrogen-bond acceptors (Lipinski definition) is 11. The summed E-state index contributed by atoms with van der Waals surface area (Å²) in [6, 6.07) is 0. The fourth-order valence-electron chi connectivity index (χ4n) is 6.81. The number of aliphatic hydroxyl groups excluding tert-OH is 5. The highest BCUT2D eigenvalue weighted by molar-refractivity contribution is 7.47. The van der Waals surface area contributed by atoms with Gasteiger partial charge in [0.05, 0.1) is 13.2 Å². The normalized spacial score (nSPS) is 22.6. The maximum atomic E-state index is 12.8. The first-order chi connectivity index (χ1) is 30.0. The van der Waals surface area contributed by atoms with Crippen LogP contribution in [-0.2, 0) is 27.9 Å². The molecule has 6 unspecified atom stereocenters. The van der Waals surface area contributed by atoms with Gasteiger partial charge in [0.25, 0.3) is 0 Å². The van der Waals surface area contributed by atoms with Crippen LogP contribution in [0.15, 0.2) is 72.9 Å². The average molecular weight is 897 g/mol. The van der Waals surface area contributed by atoms with Gasteiger partial charge in [-0.3, -0.25) is 13.8 Å². The first-order valence-corrected chi connectivity index (χ1v) is 25.3. The van der Waals surface area contributed by atoms with Crippen molar-refractivity contribution in [3.05, 3.63) is 72.9 Å². The number of hydrogen-bond donors (Lipinski definition) is 6. The summed E-state index contributed by atoms with van der Waals surface area (Å²) in [6.07, 6.45) is 38.5. The zero-order chi connectivity index (χ0) is 45.5. The first kappa shape index (κ1) is 57.8. The quantitative estimate of drug-likeness (QED) is 0.0148. The Bertz CT molecular complexity index is 1300. The van der Waals surface area contributed by atoms with Gasteiger partial charge >= 0.3 is 13.8 Å². The molecule has 13 heteroatoms. The molecule has 358 valence electrons. The number of phosphoric ester groups is 1. The Hall–Kier alpha value is -2.22. The maximum absolute atomic E-state index is 12.8. The van der Waals surface area contributed by atoms with Crippen molar-refractivity contribution >= 4 is 13.8 Å². The Morgan fingerprint density at radius 3 is 1.45 bits per heavy atom. The molecule has 1 aliphatic rings. The van der Waals surface area contributed by atoms with E-state index in [2.05, 4.69) is 74.6 Å². The van der Waals surface area contributed by atoms with Gasteiger partial charge < -0.3 is 39.9 Å². The van der Waals surface area contributed by atoms with Gasteiger partial charge in [0.1, 0.15) is 42.7 Å². The lowest BCUT2D eigenvalue weighted by Crippen LogP contribution is -2.64. The van der Waals surface area contributed by atoms with Crippen LogP contribution < -0.4 is 0 Å². The number of carbonyl (C=O) groups excluding carboxylic acids is 1. The van der Waals surface area contributed by atoms with E-state index in [1.807, 2.05) is 12.2 Å². The number of esters is 1.